The van der Waals surface area contributed by atoms with Gasteiger partial charge in [-0.2, -0.15) is 0 Å². The summed E-state index contributed by atoms with van der Waals surface area (Å²) in [7, 11) is 0. The first kappa shape index (κ1) is 15.5. The Hall–Kier alpha value is -2.44. The van der Waals surface area contributed by atoms with Gasteiger partial charge in [0.25, 0.3) is 5.91 Å². The molecule has 0 aliphatic heterocycles. The molecule has 3 aromatic rings. The van der Waals surface area contributed by atoms with Crippen molar-refractivity contribution < 1.29 is 14.4 Å². The fourth-order valence-corrected chi connectivity index (χ4v) is 2.92. The van der Waals surface area contributed by atoms with E-state index in [0.29, 0.717) is 5.76 Å². The van der Waals surface area contributed by atoms with Gasteiger partial charge in [-0.1, -0.05) is 41.6 Å². The first-order chi connectivity index (χ1) is 11.1. The van der Waals surface area contributed by atoms with Gasteiger partial charge in [0.1, 0.15) is 5.60 Å². The van der Waals surface area contributed by atoms with Gasteiger partial charge in [-0.3, -0.25) is 4.79 Å². The van der Waals surface area contributed by atoms with Crippen molar-refractivity contribution in [2.24, 2.45) is 0 Å². The average Bonchev–Trinajstić information content (AvgIpc) is 3.25. The van der Waals surface area contributed by atoms with E-state index >= 15 is 0 Å². The molecule has 1 atom stereocenters. The Morgan fingerprint density at radius 3 is 2.78 bits per heavy atom. The maximum atomic E-state index is 12.2. The molecule has 3 rings (SSSR count). The van der Waals surface area contributed by atoms with Crippen LogP contribution in [-0.2, 0) is 5.60 Å². The summed E-state index contributed by atoms with van der Waals surface area (Å²) >= 11 is 1.44. The van der Waals surface area contributed by atoms with Crippen molar-refractivity contribution in [2.75, 3.05) is 6.54 Å². The molecule has 2 N–H and O–H groups in total. The number of rotatable bonds is 5. The quantitative estimate of drug-likeness (QED) is 0.755. The Bertz CT molecular complexity index is 779. The molecule has 118 valence electrons. The van der Waals surface area contributed by atoms with Gasteiger partial charge in [0.05, 0.1) is 6.54 Å². The summed E-state index contributed by atoms with van der Waals surface area (Å²) in [5.74, 6) is 0.147. The van der Waals surface area contributed by atoms with Crippen LogP contribution in [0.3, 0.4) is 0 Å². The van der Waals surface area contributed by atoms with Crippen LogP contribution in [0.15, 0.2) is 58.4 Å². The molecule has 0 fully saturated rings. The van der Waals surface area contributed by atoms with E-state index in [9.17, 15) is 9.90 Å². The topological polar surface area (TPSA) is 75.4 Å². The molecule has 0 aliphatic carbocycles. The predicted octanol–water partition coefficient (Wildman–Crippen LogP) is 3.04. The molecule has 1 amide bonds. The zero-order valence-corrected chi connectivity index (χ0v) is 13.3. The highest BCUT2D eigenvalue weighted by atomic mass is 32.1. The SMILES string of the molecule is C[C@@](O)(CNC(=O)c1cc(-c2ccccc2)on1)c1cccs1. The van der Waals surface area contributed by atoms with Crippen molar-refractivity contribution in [3.05, 3.63) is 64.5 Å². The van der Waals surface area contributed by atoms with Crippen molar-refractivity contribution in [3.63, 3.8) is 0 Å². The zero-order valence-electron chi connectivity index (χ0n) is 12.5. The number of aliphatic hydroxyl groups is 1. The summed E-state index contributed by atoms with van der Waals surface area (Å²) in [6, 6.07) is 14.7. The summed E-state index contributed by atoms with van der Waals surface area (Å²) in [5.41, 5.74) is -0.0778. The summed E-state index contributed by atoms with van der Waals surface area (Å²) in [4.78, 5) is 13.0. The third kappa shape index (κ3) is 3.49. The van der Waals surface area contributed by atoms with Gasteiger partial charge in [-0.05, 0) is 18.4 Å². The summed E-state index contributed by atoms with van der Waals surface area (Å²) < 4.78 is 5.20. The van der Waals surface area contributed by atoms with Crippen LogP contribution >= 0.6 is 11.3 Å². The second kappa shape index (κ2) is 6.36. The van der Waals surface area contributed by atoms with Crippen LogP contribution in [0.1, 0.15) is 22.3 Å². The lowest BCUT2D eigenvalue weighted by Crippen LogP contribution is -2.38. The summed E-state index contributed by atoms with van der Waals surface area (Å²) in [6.07, 6.45) is 0. The predicted molar refractivity (Wildman–Crippen MR) is 88.2 cm³/mol. The minimum absolute atomic E-state index is 0.0971. The van der Waals surface area contributed by atoms with E-state index in [4.69, 9.17) is 4.52 Å². The van der Waals surface area contributed by atoms with E-state index < -0.39 is 5.60 Å². The lowest BCUT2D eigenvalue weighted by Gasteiger charge is -2.21. The largest absolute Gasteiger partial charge is 0.383 e. The van der Waals surface area contributed by atoms with E-state index in [2.05, 4.69) is 10.5 Å². The molecule has 0 saturated heterocycles. The normalized spacial score (nSPS) is 13.5. The maximum Gasteiger partial charge on any atom is 0.273 e. The molecule has 0 spiro atoms. The molecule has 2 heterocycles. The van der Waals surface area contributed by atoms with Crippen molar-refractivity contribution in [2.45, 2.75) is 12.5 Å². The van der Waals surface area contributed by atoms with Crippen LogP contribution in [0.4, 0.5) is 0 Å². The lowest BCUT2D eigenvalue weighted by atomic mass is 10.1. The second-order valence-electron chi connectivity index (χ2n) is 5.38. The van der Waals surface area contributed by atoms with Gasteiger partial charge in [-0.25, -0.2) is 0 Å². The van der Waals surface area contributed by atoms with E-state index in [1.807, 2.05) is 47.8 Å². The highest BCUT2D eigenvalue weighted by molar-refractivity contribution is 7.10. The van der Waals surface area contributed by atoms with Crippen molar-refractivity contribution in [1.29, 1.82) is 0 Å². The molecule has 0 bridgehead atoms. The molecular weight excluding hydrogens is 312 g/mol. The highest BCUT2D eigenvalue weighted by Crippen LogP contribution is 2.24. The van der Waals surface area contributed by atoms with Crippen molar-refractivity contribution in [3.8, 4) is 11.3 Å². The Kier molecular flexibility index (Phi) is 4.27. The third-order valence-corrected chi connectivity index (χ3v) is 4.57. The number of hydrogen-bond acceptors (Lipinski definition) is 5. The minimum Gasteiger partial charge on any atom is -0.383 e. The Morgan fingerprint density at radius 2 is 2.09 bits per heavy atom. The Morgan fingerprint density at radius 1 is 1.30 bits per heavy atom. The van der Waals surface area contributed by atoms with Gasteiger partial charge in [0, 0.05) is 16.5 Å². The number of amides is 1. The van der Waals surface area contributed by atoms with E-state index in [-0.39, 0.29) is 18.1 Å². The number of benzene rings is 1. The molecule has 2 aromatic heterocycles. The zero-order chi connectivity index (χ0) is 16.3. The number of carbonyl (C=O) groups excluding carboxylic acids is 1. The van der Waals surface area contributed by atoms with Crippen LogP contribution in [-0.4, -0.2) is 22.7 Å². The van der Waals surface area contributed by atoms with Gasteiger partial charge in [-0.15, -0.1) is 11.3 Å². The van der Waals surface area contributed by atoms with Crippen molar-refractivity contribution >= 4 is 17.2 Å². The van der Waals surface area contributed by atoms with Crippen LogP contribution in [0.2, 0.25) is 0 Å². The molecule has 1 aromatic carbocycles. The lowest BCUT2D eigenvalue weighted by molar-refractivity contribution is 0.0554. The first-order valence-corrected chi connectivity index (χ1v) is 8.01. The number of aromatic nitrogens is 1. The van der Waals surface area contributed by atoms with E-state index in [1.165, 1.54) is 11.3 Å². The Balaban J connectivity index is 1.66. The maximum absolute atomic E-state index is 12.2. The third-order valence-electron chi connectivity index (χ3n) is 3.45. The molecule has 5 nitrogen and oxygen atoms in total. The molecule has 0 saturated carbocycles. The standard InChI is InChI=1S/C17H16N2O3S/c1-17(21,15-8-5-9-23-15)11-18-16(20)13-10-14(22-19-13)12-6-3-2-4-7-12/h2-10,21H,11H2,1H3,(H,18,20)/t17-/m1/s1. The number of nitrogens with zero attached hydrogens (tertiary/aromatic N) is 1. The Labute approximate surface area is 137 Å². The number of nitrogens with one attached hydrogen (secondary N) is 1. The van der Waals surface area contributed by atoms with Crippen LogP contribution in [0.5, 0.6) is 0 Å². The second-order valence-corrected chi connectivity index (χ2v) is 6.32. The number of hydrogen-bond donors (Lipinski definition) is 2. The van der Waals surface area contributed by atoms with E-state index in [1.54, 1.807) is 13.0 Å². The monoisotopic (exact) mass is 328 g/mol. The van der Waals surface area contributed by atoms with Gasteiger partial charge < -0.3 is 14.9 Å². The van der Waals surface area contributed by atoms with Gasteiger partial charge in [0.2, 0.25) is 0 Å². The van der Waals surface area contributed by atoms with E-state index in [0.717, 1.165) is 10.4 Å². The molecule has 6 heteroatoms. The smallest absolute Gasteiger partial charge is 0.273 e. The van der Waals surface area contributed by atoms with Gasteiger partial charge >= 0.3 is 0 Å². The fourth-order valence-electron chi connectivity index (χ4n) is 2.14. The summed E-state index contributed by atoms with van der Waals surface area (Å²) in [6.45, 7) is 1.76. The van der Waals surface area contributed by atoms with Crippen molar-refractivity contribution in [1.82, 2.24) is 10.5 Å². The molecule has 0 aliphatic rings. The van der Waals surface area contributed by atoms with Crippen LogP contribution < -0.4 is 5.32 Å². The molecule has 0 unspecified atom stereocenters. The minimum atomic E-state index is -1.12. The highest BCUT2D eigenvalue weighted by Gasteiger charge is 2.25. The number of carbonyl (C=O) groups is 1. The van der Waals surface area contributed by atoms with Gasteiger partial charge in [0.15, 0.2) is 11.5 Å². The molecule has 0 radical (unpaired) electrons. The first-order valence-electron chi connectivity index (χ1n) is 7.13. The fraction of sp³-hybridized carbons (Fsp3) is 0.176. The van der Waals surface area contributed by atoms with Crippen LogP contribution in [0, 0.1) is 0 Å². The molecule has 23 heavy (non-hydrogen) atoms. The van der Waals surface area contributed by atoms with Crippen LogP contribution in [0.25, 0.3) is 11.3 Å². The average molecular weight is 328 g/mol. The number of thiophene rings is 1. The summed E-state index contributed by atoms with van der Waals surface area (Å²) in [5, 5.41) is 18.8. The molecular formula is C17H16N2O3S.